The van der Waals surface area contributed by atoms with Gasteiger partial charge in [-0.05, 0) is 58.4 Å². The van der Waals surface area contributed by atoms with E-state index < -0.39 is 5.97 Å². The molecule has 29 heavy (non-hydrogen) atoms. The molecule has 0 saturated heterocycles. The molecule has 0 saturated carbocycles. The van der Waals surface area contributed by atoms with E-state index in [4.69, 9.17) is 9.47 Å². The minimum Gasteiger partial charge on any atom is -0.496 e. The van der Waals surface area contributed by atoms with E-state index in [0.717, 1.165) is 33.6 Å². The molecule has 3 rings (SSSR count). The van der Waals surface area contributed by atoms with Crippen molar-refractivity contribution >= 4 is 17.6 Å². The number of carboxylic acids is 1. The summed E-state index contributed by atoms with van der Waals surface area (Å²) in [6.45, 7) is 13.5. The van der Waals surface area contributed by atoms with E-state index in [-0.39, 0.29) is 16.4 Å². The number of benzene rings is 2. The molecule has 0 aliphatic carbocycles. The summed E-state index contributed by atoms with van der Waals surface area (Å²) in [4.78, 5) is 11.3. The second-order valence-electron chi connectivity index (χ2n) is 9.62. The molecule has 2 aromatic carbocycles. The first kappa shape index (κ1) is 21.0. The first-order valence-corrected chi connectivity index (χ1v) is 9.86. The average molecular weight is 395 g/mol. The molecule has 0 unspecified atom stereocenters. The highest BCUT2D eigenvalue weighted by Crippen LogP contribution is 2.42. The molecule has 1 aliphatic heterocycles. The predicted octanol–water partition coefficient (Wildman–Crippen LogP) is 5.92. The van der Waals surface area contributed by atoms with Gasteiger partial charge in [0, 0.05) is 16.7 Å². The average Bonchev–Trinajstić information content (AvgIpc) is 2.64. The molecule has 0 aromatic heterocycles. The van der Waals surface area contributed by atoms with Crippen molar-refractivity contribution in [3.05, 3.63) is 58.1 Å². The monoisotopic (exact) mass is 394 g/mol. The van der Waals surface area contributed by atoms with Crippen molar-refractivity contribution in [1.82, 2.24) is 0 Å². The quantitative estimate of drug-likeness (QED) is 0.702. The first-order chi connectivity index (χ1) is 13.4. The molecular formula is C25H30O4. The molecule has 1 N–H and O–H groups in total. The maximum absolute atomic E-state index is 11.3. The van der Waals surface area contributed by atoms with Crippen LogP contribution in [0.2, 0.25) is 0 Å². The highest BCUT2D eigenvalue weighted by Gasteiger charge is 2.28. The lowest BCUT2D eigenvalue weighted by Crippen LogP contribution is -2.20. The number of carbonyl (C=O) groups is 1. The Balaban J connectivity index is 2.21. The highest BCUT2D eigenvalue weighted by molar-refractivity contribution is 5.92. The molecule has 4 heteroatoms. The Morgan fingerprint density at radius 3 is 2.07 bits per heavy atom. The third kappa shape index (κ3) is 4.16. The van der Waals surface area contributed by atoms with Gasteiger partial charge in [0.15, 0.2) is 0 Å². The van der Waals surface area contributed by atoms with Crippen LogP contribution in [0.5, 0.6) is 11.5 Å². The molecule has 0 amide bonds. The summed E-state index contributed by atoms with van der Waals surface area (Å²) in [6.07, 6.45) is 2.03. The van der Waals surface area contributed by atoms with Crippen LogP contribution in [0, 0.1) is 0 Å². The molecule has 0 fully saturated rings. The molecule has 1 heterocycles. The van der Waals surface area contributed by atoms with Gasteiger partial charge < -0.3 is 14.6 Å². The molecule has 0 atom stereocenters. The van der Waals surface area contributed by atoms with Crippen molar-refractivity contribution in [1.29, 1.82) is 0 Å². The molecule has 1 aliphatic rings. The van der Waals surface area contributed by atoms with Crippen molar-refractivity contribution in [2.24, 2.45) is 0 Å². The topological polar surface area (TPSA) is 55.8 Å². The Morgan fingerprint density at radius 1 is 1.00 bits per heavy atom. The van der Waals surface area contributed by atoms with Gasteiger partial charge in [-0.2, -0.15) is 0 Å². The zero-order valence-electron chi connectivity index (χ0n) is 18.3. The fraction of sp³-hybridized carbons (Fsp3) is 0.400. The minimum atomic E-state index is -0.942. The minimum absolute atomic E-state index is 0.0914. The third-order valence-corrected chi connectivity index (χ3v) is 5.25. The first-order valence-electron chi connectivity index (χ1n) is 9.86. The van der Waals surface area contributed by atoms with Gasteiger partial charge in [-0.25, -0.2) is 4.79 Å². The number of ether oxygens (including phenoxy) is 2. The van der Waals surface area contributed by atoms with E-state index in [9.17, 15) is 9.90 Å². The summed E-state index contributed by atoms with van der Waals surface area (Å²) >= 11 is 0. The summed E-state index contributed by atoms with van der Waals surface area (Å²) in [6, 6.07) is 9.31. The molecule has 2 aromatic rings. The van der Waals surface area contributed by atoms with Gasteiger partial charge >= 0.3 is 5.97 Å². The maximum atomic E-state index is 11.3. The van der Waals surface area contributed by atoms with Gasteiger partial charge in [-0.3, -0.25) is 0 Å². The van der Waals surface area contributed by atoms with Crippen molar-refractivity contribution in [2.75, 3.05) is 13.7 Å². The fourth-order valence-corrected chi connectivity index (χ4v) is 3.63. The van der Waals surface area contributed by atoms with Gasteiger partial charge in [-0.15, -0.1) is 0 Å². The molecular weight excluding hydrogens is 364 g/mol. The smallest absolute Gasteiger partial charge is 0.335 e. The Labute approximate surface area is 173 Å². The van der Waals surface area contributed by atoms with Crippen molar-refractivity contribution in [3.8, 4) is 11.5 Å². The Bertz CT molecular complexity index is 950. The van der Waals surface area contributed by atoms with Crippen LogP contribution in [0.3, 0.4) is 0 Å². The van der Waals surface area contributed by atoms with Crippen LogP contribution >= 0.6 is 0 Å². The molecule has 0 spiro atoms. The largest absolute Gasteiger partial charge is 0.496 e. The SMILES string of the molecule is COc1c(C(C)(C)C)cc(C2=Cc3cc(C(=O)O)ccc3OC2)cc1C(C)(C)C. The van der Waals surface area contributed by atoms with E-state index in [0.29, 0.717) is 12.4 Å². The number of carboxylic acid groups (broad SMARTS) is 1. The van der Waals surface area contributed by atoms with Gasteiger partial charge in [0.2, 0.25) is 0 Å². The zero-order chi connectivity index (χ0) is 21.6. The van der Waals surface area contributed by atoms with Gasteiger partial charge in [0.05, 0.1) is 12.7 Å². The second-order valence-corrected chi connectivity index (χ2v) is 9.62. The maximum Gasteiger partial charge on any atom is 0.335 e. The Kier molecular flexibility index (Phi) is 5.24. The zero-order valence-corrected chi connectivity index (χ0v) is 18.3. The van der Waals surface area contributed by atoms with Gasteiger partial charge in [0.1, 0.15) is 18.1 Å². The summed E-state index contributed by atoms with van der Waals surface area (Å²) in [5.41, 5.74) is 5.26. The number of fused-ring (bicyclic) bond motifs is 1. The lowest BCUT2D eigenvalue weighted by molar-refractivity contribution is 0.0697. The third-order valence-electron chi connectivity index (χ3n) is 5.25. The molecule has 154 valence electrons. The highest BCUT2D eigenvalue weighted by atomic mass is 16.5. The lowest BCUT2D eigenvalue weighted by Gasteiger charge is -2.30. The van der Waals surface area contributed by atoms with E-state index in [1.54, 1.807) is 25.3 Å². The molecule has 0 bridgehead atoms. The molecule has 4 nitrogen and oxygen atoms in total. The van der Waals surface area contributed by atoms with Crippen molar-refractivity contribution in [3.63, 3.8) is 0 Å². The van der Waals surface area contributed by atoms with Crippen molar-refractivity contribution < 1.29 is 19.4 Å². The summed E-state index contributed by atoms with van der Waals surface area (Å²) in [5.74, 6) is 0.696. The number of hydrogen-bond donors (Lipinski definition) is 1. The van der Waals surface area contributed by atoms with Crippen molar-refractivity contribution in [2.45, 2.75) is 52.4 Å². The van der Waals surface area contributed by atoms with Crippen LogP contribution in [0.25, 0.3) is 11.6 Å². The molecule has 0 radical (unpaired) electrons. The Morgan fingerprint density at radius 2 is 1.59 bits per heavy atom. The second kappa shape index (κ2) is 7.25. The standard InChI is InChI=1S/C25H30O4/c1-24(2,3)19-12-16(13-20(22(19)28-7)25(4,5)6)18-11-17-10-15(23(26)27)8-9-21(17)29-14-18/h8-13H,14H2,1-7H3,(H,26,27). The summed E-state index contributed by atoms with van der Waals surface area (Å²) in [7, 11) is 1.73. The van der Waals surface area contributed by atoms with Crippen LogP contribution in [0.1, 0.15) is 74.2 Å². The van der Waals surface area contributed by atoms with Crippen LogP contribution in [-0.4, -0.2) is 24.8 Å². The summed E-state index contributed by atoms with van der Waals surface area (Å²) in [5, 5.41) is 9.30. The van der Waals surface area contributed by atoms with Crippen LogP contribution in [0.15, 0.2) is 30.3 Å². The van der Waals surface area contributed by atoms with Gasteiger partial charge in [-0.1, -0.05) is 41.5 Å². The summed E-state index contributed by atoms with van der Waals surface area (Å²) < 4.78 is 11.8. The lowest BCUT2D eigenvalue weighted by atomic mass is 9.77. The number of rotatable bonds is 3. The van der Waals surface area contributed by atoms with E-state index in [1.807, 2.05) is 6.08 Å². The Hall–Kier alpha value is -2.75. The van der Waals surface area contributed by atoms with E-state index in [2.05, 4.69) is 53.7 Å². The van der Waals surface area contributed by atoms with Gasteiger partial charge in [0.25, 0.3) is 0 Å². The predicted molar refractivity (Wildman–Crippen MR) is 117 cm³/mol. The van der Waals surface area contributed by atoms with E-state index in [1.165, 1.54) is 0 Å². The van der Waals surface area contributed by atoms with Crippen LogP contribution < -0.4 is 9.47 Å². The number of hydrogen-bond acceptors (Lipinski definition) is 3. The number of aromatic carboxylic acids is 1. The van der Waals surface area contributed by atoms with E-state index >= 15 is 0 Å². The number of methoxy groups -OCH3 is 1. The van der Waals surface area contributed by atoms with Crippen LogP contribution in [-0.2, 0) is 10.8 Å². The normalized spacial score (nSPS) is 14.0. The fourth-order valence-electron chi connectivity index (χ4n) is 3.63. The van der Waals surface area contributed by atoms with Crippen LogP contribution in [0.4, 0.5) is 0 Å².